The number of aryl methyl sites for hydroxylation is 2. The lowest BCUT2D eigenvalue weighted by atomic mass is 9.77. The second-order valence-electron chi connectivity index (χ2n) is 8.04. The SMILES string of the molecule is CCCCCC1CCC(c2ccc(CCc3ccc(Cl)nc3F)cc2)CC1. The van der Waals surface area contributed by atoms with E-state index in [1.54, 1.807) is 12.1 Å². The van der Waals surface area contributed by atoms with Crippen LogP contribution in [-0.4, -0.2) is 4.98 Å². The predicted octanol–water partition coefficient (Wildman–Crippen LogP) is 7.51. The van der Waals surface area contributed by atoms with Gasteiger partial charge in [0.1, 0.15) is 5.15 Å². The molecule has 0 atom stereocenters. The molecule has 1 fully saturated rings. The summed E-state index contributed by atoms with van der Waals surface area (Å²) in [6.07, 6.45) is 12.5. The molecule has 0 bridgehead atoms. The number of pyridine rings is 1. The first-order valence-electron chi connectivity index (χ1n) is 10.6. The fourth-order valence-electron chi connectivity index (χ4n) is 4.33. The zero-order valence-corrected chi connectivity index (χ0v) is 17.1. The summed E-state index contributed by atoms with van der Waals surface area (Å²) in [4.78, 5) is 3.69. The van der Waals surface area contributed by atoms with Crippen LogP contribution in [0.5, 0.6) is 0 Å². The van der Waals surface area contributed by atoms with E-state index in [9.17, 15) is 4.39 Å². The summed E-state index contributed by atoms with van der Waals surface area (Å²) in [6.45, 7) is 2.28. The van der Waals surface area contributed by atoms with Crippen LogP contribution in [0, 0.1) is 11.9 Å². The van der Waals surface area contributed by atoms with Crippen molar-refractivity contribution in [1.29, 1.82) is 0 Å². The number of aromatic nitrogens is 1. The Kier molecular flexibility index (Phi) is 7.70. The molecule has 1 aromatic heterocycles. The van der Waals surface area contributed by atoms with E-state index >= 15 is 0 Å². The van der Waals surface area contributed by atoms with Crippen molar-refractivity contribution in [3.63, 3.8) is 0 Å². The highest BCUT2D eigenvalue weighted by Gasteiger charge is 2.21. The van der Waals surface area contributed by atoms with Crippen molar-refractivity contribution in [3.05, 3.63) is 64.2 Å². The standard InChI is InChI=1S/C24H31ClFN/c1-2-3-4-5-18-6-11-20(12-7-18)21-13-8-19(9-14-21)10-15-22-16-17-23(25)27-24(22)26/h8-9,13-14,16-18,20H,2-7,10-12,15H2,1H3. The molecular formula is C24H31ClFN. The Morgan fingerprint density at radius 3 is 2.37 bits per heavy atom. The topological polar surface area (TPSA) is 12.9 Å². The number of halogens is 2. The van der Waals surface area contributed by atoms with Gasteiger partial charge in [-0.25, -0.2) is 4.98 Å². The third-order valence-electron chi connectivity index (χ3n) is 6.09. The van der Waals surface area contributed by atoms with Crippen LogP contribution in [0.2, 0.25) is 5.15 Å². The molecule has 0 aliphatic heterocycles. The van der Waals surface area contributed by atoms with Crippen molar-refractivity contribution in [2.24, 2.45) is 5.92 Å². The molecule has 1 aromatic carbocycles. The third-order valence-corrected chi connectivity index (χ3v) is 6.30. The van der Waals surface area contributed by atoms with E-state index in [0.717, 1.165) is 18.3 Å². The number of unbranched alkanes of at least 4 members (excludes halogenated alkanes) is 2. The molecule has 2 aromatic rings. The summed E-state index contributed by atoms with van der Waals surface area (Å²) in [5.41, 5.74) is 3.36. The van der Waals surface area contributed by atoms with Gasteiger partial charge in [-0.1, -0.05) is 74.5 Å². The minimum atomic E-state index is -0.449. The minimum Gasteiger partial charge on any atom is -0.208 e. The van der Waals surface area contributed by atoms with E-state index in [0.29, 0.717) is 12.0 Å². The molecule has 0 unspecified atom stereocenters. The van der Waals surface area contributed by atoms with E-state index in [2.05, 4.69) is 36.2 Å². The monoisotopic (exact) mass is 387 g/mol. The lowest BCUT2D eigenvalue weighted by Gasteiger charge is -2.29. The van der Waals surface area contributed by atoms with Gasteiger partial charge in [-0.05, 0) is 67.6 Å². The summed E-state index contributed by atoms with van der Waals surface area (Å²) in [6, 6.07) is 12.4. The van der Waals surface area contributed by atoms with Gasteiger partial charge in [0, 0.05) is 5.56 Å². The largest absolute Gasteiger partial charge is 0.217 e. The summed E-state index contributed by atoms with van der Waals surface area (Å²) in [7, 11) is 0. The molecule has 27 heavy (non-hydrogen) atoms. The molecule has 3 heteroatoms. The zero-order chi connectivity index (χ0) is 19.1. The molecule has 1 nitrogen and oxygen atoms in total. The fraction of sp³-hybridized carbons (Fsp3) is 0.542. The molecule has 1 heterocycles. The van der Waals surface area contributed by atoms with Crippen molar-refractivity contribution in [3.8, 4) is 0 Å². The van der Waals surface area contributed by atoms with Crippen LogP contribution in [0.4, 0.5) is 4.39 Å². The van der Waals surface area contributed by atoms with Crippen molar-refractivity contribution in [2.75, 3.05) is 0 Å². The highest BCUT2D eigenvalue weighted by Crippen LogP contribution is 2.37. The van der Waals surface area contributed by atoms with Gasteiger partial charge in [-0.3, -0.25) is 0 Å². The van der Waals surface area contributed by atoms with Gasteiger partial charge >= 0.3 is 0 Å². The number of hydrogen-bond acceptors (Lipinski definition) is 1. The Hall–Kier alpha value is -1.41. The average molecular weight is 388 g/mol. The molecule has 0 radical (unpaired) electrons. The van der Waals surface area contributed by atoms with Crippen LogP contribution in [0.1, 0.15) is 80.9 Å². The van der Waals surface area contributed by atoms with Gasteiger partial charge in [0.15, 0.2) is 0 Å². The van der Waals surface area contributed by atoms with E-state index < -0.39 is 5.95 Å². The Labute approximate surface area is 168 Å². The van der Waals surface area contributed by atoms with Gasteiger partial charge in [-0.15, -0.1) is 0 Å². The zero-order valence-electron chi connectivity index (χ0n) is 16.4. The van der Waals surface area contributed by atoms with Gasteiger partial charge < -0.3 is 0 Å². The summed E-state index contributed by atoms with van der Waals surface area (Å²) in [5, 5.41) is 0.209. The van der Waals surface area contributed by atoms with Crippen molar-refractivity contribution in [2.45, 2.75) is 77.0 Å². The lowest BCUT2D eigenvalue weighted by molar-refractivity contribution is 0.303. The lowest BCUT2D eigenvalue weighted by Crippen LogP contribution is -2.13. The summed E-state index contributed by atoms with van der Waals surface area (Å²) < 4.78 is 13.8. The Morgan fingerprint density at radius 2 is 1.70 bits per heavy atom. The first-order chi connectivity index (χ1) is 13.2. The number of hydrogen-bond donors (Lipinski definition) is 0. The molecule has 0 spiro atoms. The maximum atomic E-state index is 13.8. The average Bonchev–Trinajstić information content (AvgIpc) is 2.69. The van der Waals surface area contributed by atoms with Crippen LogP contribution < -0.4 is 0 Å². The van der Waals surface area contributed by atoms with E-state index in [1.807, 2.05) is 0 Å². The molecule has 0 N–H and O–H groups in total. The molecule has 0 amide bonds. The molecule has 1 aliphatic carbocycles. The normalized spacial score (nSPS) is 20.0. The quantitative estimate of drug-likeness (QED) is 0.337. The fourth-order valence-corrected chi connectivity index (χ4v) is 4.47. The minimum absolute atomic E-state index is 0.209. The summed E-state index contributed by atoms with van der Waals surface area (Å²) in [5.74, 6) is 1.23. The molecule has 3 rings (SSSR count). The van der Waals surface area contributed by atoms with Crippen molar-refractivity contribution in [1.82, 2.24) is 4.98 Å². The van der Waals surface area contributed by atoms with E-state index in [1.165, 1.54) is 62.5 Å². The highest BCUT2D eigenvalue weighted by atomic mass is 35.5. The summed E-state index contributed by atoms with van der Waals surface area (Å²) >= 11 is 5.71. The Bertz CT molecular complexity index is 705. The van der Waals surface area contributed by atoms with Crippen LogP contribution in [0.15, 0.2) is 36.4 Å². The molecular weight excluding hydrogens is 357 g/mol. The smallest absolute Gasteiger partial charge is 0.208 e. The van der Waals surface area contributed by atoms with Crippen molar-refractivity contribution < 1.29 is 4.39 Å². The first kappa shape index (κ1) is 20.3. The molecule has 1 aliphatic rings. The highest BCUT2D eigenvalue weighted by molar-refractivity contribution is 6.29. The van der Waals surface area contributed by atoms with Gasteiger partial charge in [-0.2, -0.15) is 4.39 Å². The van der Waals surface area contributed by atoms with Gasteiger partial charge in [0.05, 0.1) is 0 Å². The number of nitrogens with zero attached hydrogens (tertiary/aromatic N) is 1. The van der Waals surface area contributed by atoms with Crippen LogP contribution in [-0.2, 0) is 12.8 Å². The second-order valence-corrected chi connectivity index (χ2v) is 8.43. The Morgan fingerprint density at radius 1 is 0.963 bits per heavy atom. The van der Waals surface area contributed by atoms with Gasteiger partial charge in [0.25, 0.3) is 0 Å². The van der Waals surface area contributed by atoms with Crippen molar-refractivity contribution >= 4 is 11.6 Å². The van der Waals surface area contributed by atoms with Crippen LogP contribution >= 0.6 is 11.6 Å². The first-order valence-corrected chi connectivity index (χ1v) is 10.9. The predicted molar refractivity (Wildman–Crippen MR) is 112 cm³/mol. The second kappa shape index (κ2) is 10.2. The molecule has 0 saturated heterocycles. The number of rotatable bonds is 8. The van der Waals surface area contributed by atoms with Crippen LogP contribution in [0.3, 0.4) is 0 Å². The Balaban J connectivity index is 1.47. The van der Waals surface area contributed by atoms with Gasteiger partial charge in [0.2, 0.25) is 5.95 Å². The number of benzene rings is 1. The van der Waals surface area contributed by atoms with E-state index in [4.69, 9.17) is 11.6 Å². The maximum Gasteiger partial charge on any atom is 0.217 e. The maximum absolute atomic E-state index is 13.8. The van der Waals surface area contributed by atoms with Crippen LogP contribution in [0.25, 0.3) is 0 Å². The third kappa shape index (κ3) is 6.04. The molecule has 1 saturated carbocycles. The van der Waals surface area contributed by atoms with E-state index in [-0.39, 0.29) is 5.15 Å². The molecule has 146 valence electrons.